The van der Waals surface area contributed by atoms with Crippen molar-refractivity contribution >= 4 is 33.6 Å². The predicted molar refractivity (Wildman–Crippen MR) is 121 cm³/mol. The minimum Gasteiger partial charge on any atom is -0.492 e. The quantitative estimate of drug-likeness (QED) is 0.596. The van der Waals surface area contributed by atoms with E-state index < -0.39 is 5.60 Å². The van der Waals surface area contributed by atoms with Crippen molar-refractivity contribution in [2.75, 3.05) is 26.2 Å². The van der Waals surface area contributed by atoms with Crippen LogP contribution in [0, 0.1) is 0 Å². The van der Waals surface area contributed by atoms with E-state index in [2.05, 4.69) is 10.2 Å². The number of amides is 2. The molecule has 1 atom stereocenters. The zero-order chi connectivity index (χ0) is 22.3. The molecule has 32 heavy (non-hydrogen) atoms. The first-order valence-corrected chi connectivity index (χ1v) is 11.2. The summed E-state index contributed by atoms with van der Waals surface area (Å²) in [5.74, 6) is -0.0755. The fraction of sp³-hybridized carbons (Fsp3) is 0.440. The summed E-state index contributed by atoms with van der Waals surface area (Å²) in [5, 5.41) is 15.5. The van der Waals surface area contributed by atoms with Gasteiger partial charge < -0.3 is 14.3 Å². The smallest absolute Gasteiger partial charge is 0.234 e. The van der Waals surface area contributed by atoms with Crippen LogP contribution in [0.4, 0.5) is 0 Å². The predicted octanol–water partition coefficient (Wildman–Crippen LogP) is 3.33. The van der Waals surface area contributed by atoms with Crippen LogP contribution in [-0.4, -0.2) is 53.7 Å². The number of carbonyl (C=O) groups excluding carboxylic acids is 2. The summed E-state index contributed by atoms with van der Waals surface area (Å²) in [6.45, 7) is 5.08. The van der Waals surface area contributed by atoms with Crippen molar-refractivity contribution in [1.29, 1.82) is 0 Å². The second kappa shape index (κ2) is 8.22. The molecule has 3 aromatic rings. The molecule has 2 N–H and O–H groups in total. The van der Waals surface area contributed by atoms with Crippen molar-refractivity contribution in [2.45, 2.75) is 44.1 Å². The number of rotatable bonds is 5. The molecule has 2 saturated heterocycles. The van der Waals surface area contributed by atoms with Crippen LogP contribution in [0.25, 0.3) is 21.7 Å². The maximum Gasteiger partial charge on any atom is 0.234 e. The van der Waals surface area contributed by atoms with Gasteiger partial charge in [0.1, 0.15) is 17.9 Å². The molecule has 2 aromatic carbocycles. The van der Waals surface area contributed by atoms with Crippen molar-refractivity contribution in [2.24, 2.45) is 0 Å². The van der Waals surface area contributed by atoms with E-state index in [4.69, 9.17) is 9.15 Å². The van der Waals surface area contributed by atoms with Gasteiger partial charge in [0.25, 0.3) is 0 Å². The second-order valence-corrected chi connectivity index (χ2v) is 9.20. The molecule has 0 aliphatic carbocycles. The van der Waals surface area contributed by atoms with Gasteiger partial charge in [-0.1, -0.05) is 6.07 Å². The normalized spacial score (nSPS) is 21.8. The Bertz CT molecular complexity index is 1170. The Labute approximate surface area is 186 Å². The van der Waals surface area contributed by atoms with Crippen molar-refractivity contribution in [3.63, 3.8) is 0 Å². The Hall–Kier alpha value is -2.90. The number of aliphatic hydroxyl groups is 1. The minimum absolute atomic E-state index is 0.222. The minimum atomic E-state index is -0.541. The highest BCUT2D eigenvalue weighted by Crippen LogP contribution is 2.37. The number of carbonyl (C=O) groups is 2. The largest absolute Gasteiger partial charge is 0.492 e. The van der Waals surface area contributed by atoms with Crippen molar-refractivity contribution < 1.29 is 23.8 Å². The molecule has 7 heteroatoms. The highest BCUT2D eigenvalue weighted by Gasteiger charge is 2.31. The van der Waals surface area contributed by atoms with Gasteiger partial charge in [0.05, 0.1) is 17.8 Å². The first-order chi connectivity index (χ1) is 15.4. The number of hydrogen-bond donors (Lipinski definition) is 2. The van der Waals surface area contributed by atoms with E-state index in [1.165, 1.54) is 0 Å². The summed E-state index contributed by atoms with van der Waals surface area (Å²) < 4.78 is 11.8. The van der Waals surface area contributed by atoms with Gasteiger partial charge in [-0.15, -0.1) is 0 Å². The molecule has 2 aliphatic rings. The van der Waals surface area contributed by atoms with Gasteiger partial charge in [0.15, 0.2) is 0 Å². The summed E-state index contributed by atoms with van der Waals surface area (Å²) in [4.78, 5) is 26.3. The standard InChI is InChI=1S/C25H28N2O5/c1-25(30)8-10-27(11-9-25)12-13-31-17-3-4-18-16(14-17)2-6-21-23(18)20(15-32-21)19-5-7-22(28)26-24(19)29/h2-4,6,14-15,19,30H,5,7-13H2,1H3,(H,26,28,29). The van der Waals surface area contributed by atoms with Gasteiger partial charge >= 0.3 is 0 Å². The van der Waals surface area contributed by atoms with Gasteiger partial charge in [-0.2, -0.15) is 0 Å². The van der Waals surface area contributed by atoms with Gasteiger partial charge in [-0.3, -0.25) is 19.8 Å². The summed E-state index contributed by atoms with van der Waals surface area (Å²) in [6, 6.07) is 9.88. The Morgan fingerprint density at radius 2 is 2.03 bits per heavy atom. The maximum absolute atomic E-state index is 12.4. The lowest BCUT2D eigenvalue weighted by Gasteiger charge is -2.35. The average molecular weight is 437 g/mol. The molecule has 168 valence electrons. The van der Waals surface area contributed by atoms with Crippen LogP contribution in [0.15, 0.2) is 41.0 Å². The number of nitrogens with zero attached hydrogens (tertiary/aromatic N) is 1. The van der Waals surface area contributed by atoms with Gasteiger partial charge in [-0.25, -0.2) is 0 Å². The number of likely N-dealkylation sites (tertiary alicyclic amines) is 1. The number of furan rings is 1. The highest BCUT2D eigenvalue weighted by molar-refractivity contribution is 6.10. The van der Waals surface area contributed by atoms with E-state index in [1.54, 1.807) is 6.26 Å². The molecule has 0 bridgehead atoms. The van der Waals surface area contributed by atoms with E-state index in [1.807, 2.05) is 37.3 Å². The van der Waals surface area contributed by atoms with Gasteiger partial charge in [0, 0.05) is 37.0 Å². The molecule has 3 heterocycles. The third-order valence-corrected chi connectivity index (χ3v) is 6.78. The molecule has 2 fully saturated rings. The zero-order valence-electron chi connectivity index (χ0n) is 18.2. The molecule has 2 amide bonds. The molecule has 1 aromatic heterocycles. The van der Waals surface area contributed by atoms with Crippen molar-refractivity contribution in [1.82, 2.24) is 10.2 Å². The Morgan fingerprint density at radius 1 is 1.22 bits per heavy atom. The maximum atomic E-state index is 12.4. The number of benzene rings is 2. The summed E-state index contributed by atoms with van der Waals surface area (Å²) in [7, 11) is 0. The van der Waals surface area contributed by atoms with E-state index in [0.29, 0.717) is 19.4 Å². The van der Waals surface area contributed by atoms with Crippen LogP contribution in [0.3, 0.4) is 0 Å². The molecule has 0 radical (unpaired) electrons. The van der Waals surface area contributed by atoms with Gasteiger partial charge in [-0.05, 0) is 61.2 Å². The zero-order valence-corrected chi connectivity index (χ0v) is 18.2. The monoisotopic (exact) mass is 436 g/mol. The Balaban J connectivity index is 1.33. The number of imide groups is 1. The van der Waals surface area contributed by atoms with Crippen molar-refractivity contribution in [3.8, 4) is 5.75 Å². The third-order valence-electron chi connectivity index (χ3n) is 6.78. The lowest BCUT2D eigenvalue weighted by Crippen LogP contribution is -2.43. The molecular weight excluding hydrogens is 408 g/mol. The number of hydrogen-bond acceptors (Lipinski definition) is 6. The number of ether oxygens (including phenoxy) is 1. The lowest BCUT2D eigenvalue weighted by molar-refractivity contribution is -0.134. The van der Waals surface area contributed by atoms with E-state index in [0.717, 1.165) is 65.5 Å². The Kier molecular flexibility index (Phi) is 5.39. The van der Waals surface area contributed by atoms with Crippen LogP contribution < -0.4 is 10.1 Å². The second-order valence-electron chi connectivity index (χ2n) is 9.20. The fourth-order valence-corrected chi connectivity index (χ4v) is 4.76. The van der Waals surface area contributed by atoms with E-state index in [-0.39, 0.29) is 17.7 Å². The number of fused-ring (bicyclic) bond motifs is 3. The van der Waals surface area contributed by atoms with Crippen LogP contribution >= 0.6 is 0 Å². The van der Waals surface area contributed by atoms with Crippen LogP contribution in [0.2, 0.25) is 0 Å². The molecular formula is C25H28N2O5. The van der Waals surface area contributed by atoms with E-state index in [9.17, 15) is 14.7 Å². The topological polar surface area (TPSA) is 92.0 Å². The van der Waals surface area contributed by atoms with Gasteiger partial charge in [0.2, 0.25) is 11.8 Å². The molecule has 0 saturated carbocycles. The molecule has 7 nitrogen and oxygen atoms in total. The summed E-state index contributed by atoms with van der Waals surface area (Å²) in [5.41, 5.74) is 1.01. The van der Waals surface area contributed by atoms with E-state index >= 15 is 0 Å². The number of piperidine rings is 2. The molecule has 1 unspecified atom stereocenters. The molecule has 5 rings (SSSR count). The highest BCUT2D eigenvalue weighted by atomic mass is 16.5. The fourth-order valence-electron chi connectivity index (χ4n) is 4.76. The number of nitrogens with one attached hydrogen (secondary N) is 1. The average Bonchev–Trinajstić information content (AvgIpc) is 3.19. The first-order valence-electron chi connectivity index (χ1n) is 11.2. The Morgan fingerprint density at radius 3 is 2.81 bits per heavy atom. The SMILES string of the molecule is CC1(O)CCN(CCOc2ccc3c(ccc4occ(C5CCC(=O)NC5=O)c43)c2)CC1. The summed E-state index contributed by atoms with van der Waals surface area (Å²) in [6.07, 6.45) is 4.05. The third kappa shape index (κ3) is 4.10. The van der Waals surface area contributed by atoms with Crippen LogP contribution in [0.1, 0.15) is 44.1 Å². The summed E-state index contributed by atoms with van der Waals surface area (Å²) >= 11 is 0. The van der Waals surface area contributed by atoms with Crippen LogP contribution in [-0.2, 0) is 9.59 Å². The van der Waals surface area contributed by atoms with Crippen molar-refractivity contribution in [3.05, 3.63) is 42.2 Å². The lowest BCUT2D eigenvalue weighted by atomic mass is 9.89. The van der Waals surface area contributed by atoms with Crippen LogP contribution in [0.5, 0.6) is 5.75 Å². The molecule has 0 spiro atoms. The molecule has 2 aliphatic heterocycles. The first kappa shape index (κ1) is 21.0.